The monoisotopic (exact) mass is 391 g/mol. The van der Waals surface area contributed by atoms with Crippen LogP contribution in [0.5, 0.6) is 0 Å². The van der Waals surface area contributed by atoms with Gasteiger partial charge in [-0.05, 0) is 17.5 Å². The van der Waals surface area contributed by atoms with Crippen LogP contribution in [-0.4, -0.2) is 38.9 Å². The number of imidazole rings is 1. The molecule has 0 aliphatic rings. The number of para-hydroxylation sites is 1. The molecule has 4 heterocycles. The lowest BCUT2D eigenvalue weighted by Crippen LogP contribution is -2.39. The summed E-state index contributed by atoms with van der Waals surface area (Å²) in [6.45, 7) is 0.131. The third-order valence-corrected chi connectivity index (χ3v) is 4.92. The van der Waals surface area contributed by atoms with E-state index >= 15 is 0 Å². The van der Waals surface area contributed by atoms with Crippen LogP contribution in [0.4, 0.5) is 11.9 Å². The first-order valence-electron chi connectivity index (χ1n) is 8.88. The second kappa shape index (κ2) is 6.19. The number of nitrogens with one attached hydrogen (secondary N) is 3. The Hall–Kier alpha value is -4.15. The Labute approximate surface area is 162 Å². The Morgan fingerprint density at radius 3 is 2.72 bits per heavy atom. The molecule has 0 aliphatic heterocycles. The van der Waals surface area contributed by atoms with E-state index in [0.29, 0.717) is 17.4 Å². The van der Waals surface area contributed by atoms with Gasteiger partial charge in [-0.2, -0.15) is 15.1 Å². The molecular weight excluding hydrogens is 374 g/mol. The number of anilines is 2. The number of H-pyrrole nitrogens is 2. The normalized spacial score (nSPS) is 11.5. The number of fused-ring (bicyclic) bond motifs is 2. The number of hydrogen-bond acceptors (Lipinski definition) is 6. The molecule has 4 aromatic heterocycles. The molecule has 11 nitrogen and oxygen atoms in total. The minimum Gasteiger partial charge on any atom is -0.357 e. The molecule has 11 heteroatoms. The van der Waals surface area contributed by atoms with E-state index in [0.717, 1.165) is 16.6 Å². The van der Waals surface area contributed by atoms with Crippen LogP contribution in [0.3, 0.4) is 0 Å². The molecule has 0 spiro atoms. The maximum absolute atomic E-state index is 13.2. The van der Waals surface area contributed by atoms with E-state index in [2.05, 4.69) is 30.5 Å². The smallest absolute Gasteiger partial charge is 0.332 e. The van der Waals surface area contributed by atoms with E-state index in [4.69, 9.17) is 0 Å². The number of nitrogens with zero attached hydrogens (tertiary/aromatic N) is 6. The quantitative estimate of drug-likeness (QED) is 0.416. The van der Waals surface area contributed by atoms with E-state index in [1.807, 2.05) is 30.3 Å². The van der Waals surface area contributed by atoms with Crippen LogP contribution in [0.25, 0.3) is 22.1 Å². The van der Waals surface area contributed by atoms with Gasteiger partial charge in [0, 0.05) is 25.3 Å². The van der Waals surface area contributed by atoms with Crippen LogP contribution >= 0.6 is 0 Å². The van der Waals surface area contributed by atoms with Crippen molar-refractivity contribution >= 4 is 34.0 Å². The van der Waals surface area contributed by atoms with Crippen LogP contribution in [0.2, 0.25) is 0 Å². The number of rotatable bonds is 4. The van der Waals surface area contributed by atoms with Gasteiger partial charge in [0.05, 0.1) is 6.54 Å². The zero-order valence-corrected chi connectivity index (χ0v) is 15.7. The van der Waals surface area contributed by atoms with Crippen molar-refractivity contribution in [2.45, 2.75) is 6.54 Å². The Morgan fingerprint density at radius 1 is 1.14 bits per heavy atom. The van der Waals surface area contributed by atoms with Gasteiger partial charge >= 0.3 is 5.69 Å². The van der Waals surface area contributed by atoms with Crippen LogP contribution < -0.4 is 16.6 Å². The van der Waals surface area contributed by atoms with Gasteiger partial charge in [0.15, 0.2) is 11.2 Å². The Balaban J connectivity index is 1.65. The van der Waals surface area contributed by atoms with Gasteiger partial charge in [-0.1, -0.05) is 18.2 Å². The zero-order valence-electron chi connectivity index (χ0n) is 15.7. The molecule has 0 amide bonds. The number of aryl methyl sites for hydroxylation is 2. The fourth-order valence-electron chi connectivity index (χ4n) is 3.46. The fraction of sp³-hybridized carbons (Fsp3) is 0.167. The summed E-state index contributed by atoms with van der Waals surface area (Å²) in [6, 6.07) is 9.73. The lowest BCUT2D eigenvalue weighted by molar-refractivity contribution is 0.648. The van der Waals surface area contributed by atoms with Gasteiger partial charge in [-0.25, -0.2) is 9.89 Å². The summed E-state index contributed by atoms with van der Waals surface area (Å²) in [5, 5.41) is 10.4. The molecular formula is C18H17N9O2. The van der Waals surface area contributed by atoms with Crippen molar-refractivity contribution in [2.24, 2.45) is 14.1 Å². The number of hydrogen-bond donors (Lipinski definition) is 3. The molecule has 0 unspecified atom stereocenters. The highest BCUT2D eigenvalue weighted by molar-refractivity contribution is 5.80. The van der Waals surface area contributed by atoms with Crippen LogP contribution in [0, 0.1) is 0 Å². The van der Waals surface area contributed by atoms with Crippen molar-refractivity contribution in [2.75, 3.05) is 5.32 Å². The largest absolute Gasteiger partial charge is 0.357 e. The molecule has 0 aliphatic carbocycles. The lowest BCUT2D eigenvalue weighted by Gasteiger charge is -2.07. The molecule has 5 aromatic rings. The molecule has 5 rings (SSSR count). The average Bonchev–Trinajstić information content (AvgIpc) is 3.43. The maximum atomic E-state index is 13.2. The van der Waals surface area contributed by atoms with Gasteiger partial charge in [-0.3, -0.25) is 19.2 Å². The summed E-state index contributed by atoms with van der Waals surface area (Å²) in [7, 11) is 3.30. The first kappa shape index (κ1) is 17.0. The lowest BCUT2D eigenvalue weighted by atomic mass is 10.2. The Morgan fingerprint density at radius 2 is 1.97 bits per heavy atom. The molecule has 0 saturated heterocycles. The zero-order chi connectivity index (χ0) is 20.1. The predicted octanol–water partition coefficient (Wildman–Crippen LogP) is 0.825. The highest BCUT2D eigenvalue weighted by Gasteiger charge is 2.19. The molecule has 0 radical (unpaired) electrons. The molecule has 0 saturated carbocycles. The Kier molecular flexibility index (Phi) is 3.63. The molecule has 0 fully saturated rings. The van der Waals surface area contributed by atoms with Gasteiger partial charge in [-0.15, -0.1) is 0 Å². The molecule has 146 valence electrons. The van der Waals surface area contributed by atoms with Crippen molar-refractivity contribution in [3.05, 3.63) is 63.2 Å². The van der Waals surface area contributed by atoms with Crippen molar-refractivity contribution < 1.29 is 0 Å². The summed E-state index contributed by atoms with van der Waals surface area (Å²) in [4.78, 5) is 37.7. The fourth-order valence-corrected chi connectivity index (χ4v) is 3.46. The molecule has 0 bridgehead atoms. The second-order valence-electron chi connectivity index (χ2n) is 6.74. The highest BCUT2D eigenvalue weighted by Crippen LogP contribution is 2.17. The highest BCUT2D eigenvalue weighted by atomic mass is 16.2. The molecule has 0 atom stereocenters. The number of aromatic amines is 2. The first-order valence-corrected chi connectivity index (χ1v) is 8.88. The van der Waals surface area contributed by atoms with Crippen LogP contribution in [-0.2, 0) is 20.6 Å². The van der Waals surface area contributed by atoms with Crippen molar-refractivity contribution in [1.82, 2.24) is 38.9 Å². The predicted molar refractivity (Wildman–Crippen MR) is 107 cm³/mol. The van der Waals surface area contributed by atoms with Crippen molar-refractivity contribution in [3.8, 4) is 0 Å². The van der Waals surface area contributed by atoms with Crippen LogP contribution in [0.1, 0.15) is 5.69 Å². The minimum atomic E-state index is -0.439. The van der Waals surface area contributed by atoms with E-state index in [-0.39, 0.29) is 12.2 Å². The molecule has 1 aromatic carbocycles. The first-order chi connectivity index (χ1) is 14.0. The van der Waals surface area contributed by atoms with E-state index in [1.165, 1.54) is 15.5 Å². The van der Waals surface area contributed by atoms with Crippen molar-refractivity contribution in [1.29, 1.82) is 0 Å². The third-order valence-electron chi connectivity index (χ3n) is 4.92. The SMILES string of the molecule is Cn1c(Nc2ncn[nH]2)nc2c1c(=O)n(Cc1cc3ccccc3[nH]1)c(=O)n2C. The van der Waals surface area contributed by atoms with E-state index in [9.17, 15) is 9.59 Å². The van der Waals surface area contributed by atoms with Crippen LogP contribution in [0.15, 0.2) is 46.2 Å². The summed E-state index contributed by atoms with van der Waals surface area (Å²) >= 11 is 0. The molecule has 29 heavy (non-hydrogen) atoms. The standard InChI is InChI=1S/C18H17N9O2/c1-25-13-14(22-17(25)23-16-19-9-20-24-16)26(2)18(29)27(15(13)28)8-11-7-10-5-3-4-6-12(10)21-11/h3-7,9,21H,8H2,1-2H3,(H2,19,20,22,23,24). The summed E-state index contributed by atoms with van der Waals surface area (Å²) in [5.74, 6) is 0.749. The second-order valence-corrected chi connectivity index (χ2v) is 6.74. The van der Waals surface area contributed by atoms with Gasteiger partial charge in [0.25, 0.3) is 5.56 Å². The third kappa shape index (κ3) is 2.63. The molecule has 3 N–H and O–H groups in total. The summed E-state index contributed by atoms with van der Waals surface area (Å²) < 4.78 is 4.17. The van der Waals surface area contributed by atoms with E-state index in [1.54, 1.807) is 18.7 Å². The average molecular weight is 391 g/mol. The topological polar surface area (TPSA) is 131 Å². The minimum absolute atomic E-state index is 0.131. The van der Waals surface area contributed by atoms with Gasteiger partial charge in [0.1, 0.15) is 6.33 Å². The van der Waals surface area contributed by atoms with E-state index < -0.39 is 11.2 Å². The van der Waals surface area contributed by atoms with Gasteiger partial charge < -0.3 is 9.55 Å². The van der Waals surface area contributed by atoms with Gasteiger partial charge in [0.2, 0.25) is 11.9 Å². The summed E-state index contributed by atoms with van der Waals surface area (Å²) in [6.07, 6.45) is 1.36. The maximum Gasteiger partial charge on any atom is 0.332 e. The summed E-state index contributed by atoms with van der Waals surface area (Å²) in [5.41, 5.74) is 1.47. The Bertz CT molecular complexity index is 1430. The number of aromatic nitrogens is 8. The number of benzene rings is 1. The van der Waals surface area contributed by atoms with Crippen molar-refractivity contribution in [3.63, 3.8) is 0 Å².